The molecule has 1 aliphatic heterocycles. The zero-order valence-electron chi connectivity index (χ0n) is 16.8. The first-order valence-corrected chi connectivity index (χ1v) is 10.6. The van der Waals surface area contributed by atoms with Crippen LogP contribution in [-0.2, 0) is 10.2 Å². The molecule has 0 radical (unpaired) electrons. The monoisotopic (exact) mass is 438 g/mol. The average molecular weight is 439 g/mol. The lowest BCUT2D eigenvalue weighted by Gasteiger charge is -2.46. The van der Waals surface area contributed by atoms with E-state index in [1.54, 1.807) is 0 Å². The van der Waals surface area contributed by atoms with Gasteiger partial charge >= 0.3 is 0 Å². The van der Waals surface area contributed by atoms with E-state index in [4.69, 9.17) is 0 Å². The van der Waals surface area contributed by atoms with Gasteiger partial charge in [0, 0.05) is 22.9 Å². The molecule has 3 rings (SSSR count). The van der Waals surface area contributed by atoms with E-state index in [-0.39, 0.29) is 17.4 Å². The van der Waals surface area contributed by atoms with Crippen LogP contribution in [0.1, 0.15) is 57.2 Å². The van der Waals surface area contributed by atoms with Crippen LogP contribution >= 0.6 is 15.9 Å². The van der Waals surface area contributed by atoms with Crippen molar-refractivity contribution in [2.45, 2.75) is 51.5 Å². The third kappa shape index (κ3) is 4.31. The van der Waals surface area contributed by atoms with Crippen molar-refractivity contribution in [2.75, 3.05) is 6.54 Å². The van der Waals surface area contributed by atoms with Crippen LogP contribution < -0.4 is 0 Å². The van der Waals surface area contributed by atoms with Crippen molar-refractivity contribution in [3.05, 3.63) is 70.2 Å². The third-order valence-electron chi connectivity index (χ3n) is 5.93. The number of likely N-dealkylation sites (tertiary alicyclic amines) is 1. The SMILES string of the molecule is C[C@@H](c1ccc(Br)cc1)N1CC[C@](CC(C)(C)C#N)(c2ccccc2)CC1=O. The van der Waals surface area contributed by atoms with Crippen LogP contribution in [0.5, 0.6) is 0 Å². The summed E-state index contributed by atoms with van der Waals surface area (Å²) in [6.07, 6.45) is 2.00. The molecule has 2 aromatic carbocycles. The van der Waals surface area contributed by atoms with E-state index in [2.05, 4.69) is 53.2 Å². The van der Waals surface area contributed by atoms with Crippen molar-refractivity contribution >= 4 is 21.8 Å². The minimum absolute atomic E-state index is 0.0401. The van der Waals surface area contributed by atoms with E-state index in [0.29, 0.717) is 19.4 Å². The highest BCUT2D eigenvalue weighted by molar-refractivity contribution is 9.10. The van der Waals surface area contributed by atoms with Crippen molar-refractivity contribution in [2.24, 2.45) is 5.41 Å². The van der Waals surface area contributed by atoms with Crippen molar-refractivity contribution < 1.29 is 4.79 Å². The second-order valence-corrected chi connectivity index (χ2v) is 9.48. The van der Waals surface area contributed by atoms with Crippen LogP contribution in [0.25, 0.3) is 0 Å². The molecule has 4 heteroatoms. The van der Waals surface area contributed by atoms with Crippen LogP contribution in [-0.4, -0.2) is 17.4 Å². The van der Waals surface area contributed by atoms with Crippen molar-refractivity contribution in [3.63, 3.8) is 0 Å². The molecule has 1 saturated heterocycles. The summed E-state index contributed by atoms with van der Waals surface area (Å²) >= 11 is 3.47. The minimum atomic E-state index is -0.477. The maximum atomic E-state index is 13.3. The van der Waals surface area contributed by atoms with E-state index >= 15 is 0 Å². The van der Waals surface area contributed by atoms with Gasteiger partial charge in [-0.15, -0.1) is 0 Å². The average Bonchev–Trinajstić information content (AvgIpc) is 2.68. The molecule has 28 heavy (non-hydrogen) atoms. The van der Waals surface area contributed by atoms with E-state index in [9.17, 15) is 10.1 Å². The number of piperidine rings is 1. The molecule has 3 nitrogen and oxygen atoms in total. The summed E-state index contributed by atoms with van der Waals surface area (Å²) in [6, 6.07) is 20.9. The molecule has 0 unspecified atom stereocenters. The molecule has 0 N–H and O–H groups in total. The smallest absolute Gasteiger partial charge is 0.223 e. The zero-order valence-corrected chi connectivity index (χ0v) is 18.4. The standard InChI is InChI=1S/C24H27BrN2O/c1-18(19-9-11-21(25)12-10-19)27-14-13-24(15-22(27)28,16-23(2,3)17-26)20-7-5-4-6-8-20/h4-12,18H,13-16H2,1-3H3/t18-,24-/m0/s1. The summed E-state index contributed by atoms with van der Waals surface area (Å²) in [5.41, 5.74) is 1.55. The molecule has 1 aliphatic rings. The summed E-state index contributed by atoms with van der Waals surface area (Å²) in [7, 11) is 0. The van der Waals surface area contributed by atoms with Gasteiger partial charge in [-0.05, 0) is 56.9 Å². The van der Waals surface area contributed by atoms with E-state index in [1.165, 1.54) is 5.56 Å². The van der Waals surface area contributed by atoms with Gasteiger partial charge in [-0.25, -0.2) is 0 Å². The second kappa shape index (κ2) is 8.09. The van der Waals surface area contributed by atoms with Gasteiger partial charge in [-0.1, -0.05) is 58.4 Å². The Morgan fingerprint density at radius 3 is 2.39 bits per heavy atom. The van der Waals surface area contributed by atoms with Gasteiger partial charge in [0.2, 0.25) is 5.91 Å². The van der Waals surface area contributed by atoms with Crippen molar-refractivity contribution in [1.82, 2.24) is 4.90 Å². The summed E-state index contributed by atoms with van der Waals surface area (Å²) in [6.45, 7) is 6.74. The van der Waals surface area contributed by atoms with Gasteiger partial charge < -0.3 is 4.90 Å². The fourth-order valence-electron chi connectivity index (χ4n) is 4.45. The Labute approximate surface area is 176 Å². The lowest BCUT2D eigenvalue weighted by molar-refractivity contribution is -0.138. The first-order chi connectivity index (χ1) is 13.3. The summed E-state index contributed by atoms with van der Waals surface area (Å²) in [5, 5.41) is 9.61. The highest BCUT2D eigenvalue weighted by atomic mass is 79.9. The minimum Gasteiger partial charge on any atom is -0.336 e. The van der Waals surface area contributed by atoms with Crippen LogP contribution in [0, 0.1) is 16.7 Å². The predicted molar refractivity (Wildman–Crippen MR) is 116 cm³/mol. The van der Waals surface area contributed by atoms with Crippen LogP contribution in [0.3, 0.4) is 0 Å². The summed E-state index contributed by atoms with van der Waals surface area (Å²) in [5.74, 6) is 0.166. The predicted octanol–water partition coefficient (Wildman–Crippen LogP) is 6.01. The van der Waals surface area contributed by atoms with Crippen LogP contribution in [0.4, 0.5) is 0 Å². The quantitative estimate of drug-likeness (QED) is 0.573. The zero-order chi connectivity index (χ0) is 20.4. The van der Waals surface area contributed by atoms with Gasteiger partial charge in [0.05, 0.1) is 17.5 Å². The molecule has 0 aliphatic carbocycles. The Morgan fingerprint density at radius 1 is 1.18 bits per heavy atom. The molecule has 2 atom stereocenters. The van der Waals surface area contributed by atoms with Crippen LogP contribution in [0.15, 0.2) is 59.1 Å². The largest absolute Gasteiger partial charge is 0.336 e. The summed E-state index contributed by atoms with van der Waals surface area (Å²) < 4.78 is 1.04. The normalized spacial score (nSPS) is 21.2. The number of nitrogens with zero attached hydrogens (tertiary/aromatic N) is 2. The molecule has 1 fully saturated rings. The molecule has 2 aromatic rings. The number of rotatable bonds is 5. The van der Waals surface area contributed by atoms with Crippen LogP contribution in [0.2, 0.25) is 0 Å². The Kier molecular flexibility index (Phi) is 5.95. The highest BCUT2D eigenvalue weighted by Crippen LogP contribution is 2.45. The Balaban J connectivity index is 1.88. The fraction of sp³-hybridized carbons (Fsp3) is 0.417. The molecule has 146 valence electrons. The molecule has 0 spiro atoms. The number of hydrogen-bond donors (Lipinski definition) is 0. The van der Waals surface area contributed by atoms with Gasteiger partial charge in [-0.3, -0.25) is 4.79 Å². The number of carbonyl (C=O) groups is 1. The Morgan fingerprint density at radius 2 is 1.82 bits per heavy atom. The number of nitriles is 1. The number of carbonyl (C=O) groups excluding carboxylic acids is 1. The molecule has 1 amide bonds. The molecular formula is C24H27BrN2O. The number of halogens is 1. The molecule has 0 bridgehead atoms. The van der Waals surface area contributed by atoms with E-state index < -0.39 is 5.41 Å². The first-order valence-electron chi connectivity index (χ1n) is 9.78. The molecular weight excluding hydrogens is 412 g/mol. The number of amides is 1. The van der Waals surface area contributed by atoms with Gasteiger partial charge in [0.1, 0.15) is 0 Å². The van der Waals surface area contributed by atoms with E-state index in [0.717, 1.165) is 16.5 Å². The number of hydrogen-bond acceptors (Lipinski definition) is 2. The maximum Gasteiger partial charge on any atom is 0.223 e. The number of benzene rings is 2. The molecule has 0 saturated carbocycles. The lowest BCUT2D eigenvalue weighted by atomic mass is 9.64. The second-order valence-electron chi connectivity index (χ2n) is 8.56. The fourth-order valence-corrected chi connectivity index (χ4v) is 4.71. The summed E-state index contributed by atoms with van der Waals surface area (Å²) in [4.78, 5) is 15.3. The van der Waals surface area contributed by atoms with Gasteiger partial charge in [-0.2, -0.15) is 5.26 Å². The maximum absolute atomic E-state index is 13.3. The molecule has 0 aromatic heterocycles. The van der Waals surface area contributed by atoms with Gasteiger partial charge in [0.25, 0.3) is 0 Å². The van der Waals surface area contributed by atoms with Crippen molar-refractivity contribution in [3.8, 4) is 6.07 Å². The first kappa shape index (κ1) is 20.6. The molecule has 1 heterocycles. The van der Waals surface area contributed by atoms with E-state index in [1.807, 2.05) is 49.1 Å². The lowest BCUT2D eigenvalue weighted by Crippen LogP contribution is -2.48. The highest BCUT2D eigenvalue weighted by Gasteiger charge is 2.44. The Hall–Kier alpha value is -2.12. The Bertz CT molecular complexity index is 870. The van der Waals surface area contributed by atoms with Crippen molar-refractivity contribution in [1.29, 1.82) is 5.26 Å². The third-order valence-corrected chi connectivity index (χ3v) is 6.46. The van der Waals surface area contributed by atoms with Gasteiger partial charge in [0.15, 0.2) is 0 Å². The topological polar surface area (TPSA) is 44.1 Å².